The summed E-state index contributed by atoms with van der Waals surface area (Å²) in [5.74, 6) is 0.510. The van der Waals surface area contributed by atoms with E-state index in [0.29, 0.717) is 30.1 Å². The Morgan fingerprint density at radius 1 is 1.45 bits per heavy atom. The quantitative estimate of drug-likeness (QED) is 0.897. The molecule has 20 heavy (non-hydrogen) atoms. The van der Waals surface area contributed by atoms with Crippen molar-refractivity contribution in [3.63, 3.8) is 0 Å². The summed E-state index contributed by atoms with van der Waals surface area (Å²) in [5.41, 5.74) is 0.993. The van der Waals surface area contributed by atoms with Crippen LogP contribution in [0.15, 0.2) is 24.3 Å². The summed E-state index contributed by atoms with van der Waals surface area (Å²) >= 11 is 5.90. The second-order valence-electron chi connectivity index (χ2n) is 5.27. The van der Waals surface area contributed by atoms with Gasteiger partial charge in [-0.25, -0.2) is 4.79 Å². The minimum Gasteiger partial charge on any atom is -0.378 e. The van der Waals surface area contributed by atoms with Crippen LogP contribution in [0.4, 0.5) is 4.79 Å². The van der Waals surface area contributed by atoms with Gasteiger partial charge in [0.15, 0.2) is 0 Å². The highest BCUT2D eigenvalue weighted by atomic mass is 35.5. The van der Waals surface area contributed by atoms with Crippen LogP contribution in [0.5, 0.6) is 0 Å². The summed E-state index contributed by atoms with van der Waals surface area (Å²) in [7, 11) is 0. The van der Waals surface area contributed by atoms with Crippen LogP contribution in [0.2, 0.25) is 5.02 Å². The normalized spacial score (nSPS) is 22.3. The van der Waals surface area contributed by atoms with Crippen molar-refractivity contribution in [1.29, 1.82) is 0 Å². The van der Waals surface area contributed by atoms with Crippen LogP contribution in [0.25, 0.3) is 0 Å². The number of amides is 2. The molecule has 1 aromatic carbocycles. The number of carbonyl (C=O) groups excluding carboxylic acids is 1. The topological polar surface area (TPSA) is 50.4 Å². The van der Waals surface area contributed by atoms with Crippen molar-refractivity contribution in [2.24, 2.45) is 5.92 Å². The third-order valence-electron chi connectivity index (χ3n) is 3.49. The maximum absolute atomic E-state index is 11.7. The maximum atomic E-state index is 11.7. The third kappa shape index (κ3) is 5.02. The standard InChI is InChI=1S/C15H21ClN2O2/c1-11-7-13(5-6-20-11)10-18-15(19)17-9-12-3-2-4-14(16)8-12/h2-4,8,11,13H,5-7,9-10H2,1H3,(H2,17,18,19)/t11-,13+/m0/s1. The van der Waals surface area contributed by atoms with Gasteiger partial charge in [0.2, 0.25) is 0 Å². The zero-order valence-corrected chi connectivity index (χ0v) is 12.5. The predicted molar refractivity (Wildman–Crippen MR) is 79.8 cm³/mol. The van der Waals surface area contributed by atoms with Crippen molar-refractivity contribution in [3.05, 3.63) is 34.9 Å². The molecule has 2 rings (SSSR count). The summed E-state index contributed by atoms with van der Waals surface area (Å²) in [4.78, 5) is 11.7. The maximum Gasteiger partial charge on any atom is 0.315 e. The van der Waals surface area contributed by atoms with Gasteiger partial charge in [-0.3, -0.25) is 0 Å². The molecule has 110 valence electrons. The first-order chi connectivity index (χ1) is 9.63. The van der Waals surface area contributed by atoms with Crippen molar-refractivity contribution in [1.82, 2.24) is 10.6 Å². The minimum atomic E-state index is -0.135. The van der Waals surface area contributed by atoms with Crippen molar-refractivity contribution in [3.8, 4) is 0 Å². The van der Waals surface area contributed by atoms with Gasteiger partial charge in [0, 0.05) is 24.7 Å². The van der Waals surface area contributed by atoms with Crippen molar-refractivity contribution < 1.29 is 9.53 Å². The van der Waals surface area contributed by atoms with E-state index in [1.165, 1.54) is 0 Å². The molecule has 0 aliphatic carbocycles. The Kier molecular flexibility index (Phi) is 5.68. The summed E-state index contributed by atoms with van der Waals surface area (Å²) in [6.45, 7) is 4.05. The summed E-state index contributed by atoms with van der Waals surface area (Å²) in [6, 6.07) is 7.34. The number of ether oxygens (including phenoxy) is 1. The molecule has 0 spiro atoms. The molecular weight excluding hydrogens is 276 g/mol. The van der Waals surface area contributed by atoms with Crippen LogP contribution in [0.3, 0.4) is 0 Å². The average molecular weight is 297 g/mol. The number of rotatable bonds is 4. The second kappa shape index (κ2) is 7.50. The summed E-state index contributed by atoms with van der Waals surface area (Å²) in [6.07, 6.45) is 2.32. The van der Waals surface area contributed by atoms with Gasteiger partial charge in [-0.1, -0.05) is 23.7 Å². The van der Waals surface area contributed by atoms with Crippen LogP contribution < -0.4 is 10.6 Å². The molecule has 1 heterocycles. The van der Waals surface area contributed by atoms with Gasteiger partial charge in [-0.05, 0) is 43.4 Å². The van der Waals surface area contributed by atoms with Crippen LogP contribution in [-0.2, 0) is 11.3 Å². The van der Waals surface area contributed by atoms with Crippen molar-refractivity contribution in [2.45, 2.75) is 32.4 Å². The van der Waals surface area contributed by atoms with Gasteiger partial charge < -0.3 is 15.4 Å². The van der Waals surface area contributed by atoms with E-state index in [1.54, 1.807) is 0 Å². The zero-order chi connectivity index (χ0) is 14.4. The fourth-order valence-corrected chi connectivity index (χ4v) is 2.62. The van der Waals surface area contributed by atoms with Crippen LogP contribution >= 0.6 is 11.6 Å². The number of hydrogen-bond donors (Lipinski definition) is 2. The van der Waals surface area contributed by atoms with E-state index in [2.05, 4.69) is 17.6 Å². The van der Waals surface area contributed by atoms with Crippen LogP contribution in [0, 0.1) is 5.92 Å². The van der Waals surface area contributed by atoms with E-state index in [9.17, 15) is 4.79 Å². The first kappa shape index (κ1) is 15.1. The Morgan fingerprint density at radius 2 is 2.30 bits per heavy atom. The molecule has 0 bridgehead atoms. The fraction of sp³-hybridized carbons (Fsp3) is 0.533. The predicted octanol–water partition coefficient (Wildman–Crippen LogP) is 2.95. The Labute approximate surface area is 124 Å². The molecule has 1 aliphatic heterocycles. The minimum absolute atomic E-state index is 0.135. The molecule has 0 aromatic heterocycles. The molecule has 1 saturated heterocycles. The molecule has 4 nitrogen and oxygen atoms in total. The molecule has 0 saturated carbocycles. The molecular formula is C15H21ClN2O2. The largest absolute Gasteiger partial charge is 0.378 e. The van der Waals surface area contributed by atoms with E-state index in [0.717, 1.165) is 25.0 Å². The van der Waals surface area contributed by atoms with Crippen LogP contribution in [0.1, 0.15) is 25.3 Å². The van der Waals surface area contributed by atoms with Crippen molar-refractivity contribution in [2.75, 3.05) is 13.2 Å². The highest BCUT2D eigenvalue weighted by molar-refractivity contribution is 6.30. The van der Waals surface area contributed by atoms with Gasteiger partial charge in [0.05, 0.1) is 6.10 Å². The zero-order valence-electron chi connectivity index (χ0n) is 11.7. The molecule has 2 atom stereocenters. The summed E-state index contributed by atoms with van der Waals surface area (Å²) in [5, 5.41) is 6.44. The van der Waals surface area contributed by atoms with Crippen LogP contribution in [-0.4, -0.2) is 25.3 Å². The molecule has 2 amide bonds. The lowest BCUT2D eigenvalue weighted by atomic mass is 9.96. The fourth-order valence-electron chi connectivity index (χ4n) is 2.41. The molecule has 1 fully saturated rings. The van der Waals surface area contributed by atoms with Gasteiger partial charge >= 0.3 is 6.03 Å². The smallest absolute Gasteiger partial charge is 0.315 e. The lowest BCUT2D eigenvalue weighted by Crippen LogP contribution is -2.39. The number of carbonyl (C=O) groups is 1. The Hall–Kier alpha value is -1.26. The number of benzene rings is 1. The van der Waals surface area contributed by atoms with Gasteiger partial charge in [0.1, 0.15) is 0 Å². The number of nitrogens with one attached hydrogen (secondary N) is 2. The van der Waals surface area contributed by atoms with Gasteiger partial charge in [-0.15, -0.1) is 0 Å². The Bertz CT molecular complexity index is 453. The molecule has 1 aliphatic rings. The Balaban J connectivity index is 1.67. The van der Waals surface area contributed by atoms with E-state index >= 15 is 0 Å². The van der Waals surface area contributed by atoms with E-state index in [4.69, 9.17) is 16.3 Å². The first-order valence-electron chi connectivity index (χ1n) is 7.01. The molecule has 2 N–H and O–H groups in total. The lowest BCUT2D eigenvalue weighted by molar-refractivity contribution is 0.00346. The molecule has 0 unspecified atom stereocenters. The highest BCUT2D eigenvalue weighted by Crippen LogP contribution is 2.18. The molecule has 1 aromatic rings. The highest BCUT2D eigenvalue weighted by Gasteiger charge is 2.19. The van der Waals surface area contributed by atoms with E-state index < -0.39 is 0 Å². The lowest BCUT2D eigenvalue weighted by Gasteiger charge is -2.27. The molecule has 0 radical (unpaired) electrons. The van der Waals surface area contributed by atoms with E-state index in [-0.39, 0.29) is 6.03 Å². The monoisotopic (exact) mass is 296 g/mol. The average Bonchev–Trinajstić information content (AvgIpc) is 2.43. The first-order valence-corrected chi connectivity index (χ1v) is 7.39. The van der Waals surface area contributed by atoms with Crippen molar-refractivity contribution >= 4 is 17.6 Å². The SMILES string of the molecule is C[C@H]1C[C@H](CNC(=O)NCc2cccc(Cl)c2)CCO1. The second-order valence-corrected chi connectivity index (χ2v) is 5.70. The van der Waals surface area contributed by atoms with Gasteiger partial charge in [-0.2, -0.15) is 0 Å². The number of hydrogen-bond acceptors (Lipinski definition) is 2. The van der Waals surface area contributed by atoms with Gasteiger partial charge in [0.25, 0.3) is 0 Å². The third-order valence-corrected chi connectivity index (χ3v) is 3.72. The summed E-state index contributed by atoms with van der Waals surface area (Å²) < 4.78 is 5.49. The Morgan fingerprint density at radius 3 is 3.05 bits per heavy atom. The molecule has 5 heteroatoms. The number of urea groups is 1. The number of halogens is 1. The van der Waals surface area contributed by atoms with E-state index in [1.807, 2.05) is 24.3 Å².